The van der Waals surface area contributed by atoms with Gasteiger partial charge in [-0.3, -0.25) is 4.79 Å². The lowest BCUT2D eigenvalue weighted by atomic mass is 10.3. The lowest BCUT2D eigenvalue weighted by Crippen LogP contribution is -2.29. The third-order valence-corrected chi connectivity index (χ3v) is 3.77. The Morgan fingerprint density at radius 2 is 2.19 bits per heavy atom. The lowest BCUT2D eigenvalue weighted by Gasteiger charge is -2.12. The van der Waals surface area contributed by atoms with E-state index in [-0.39, 0.29) is 11.6 Å². The van der Waals surface area contributed by atoms with Crippen molar-refractivity contribution in [1.29, 1.82) is 0 Å². The number of amides is 1. The number of anilines is 1. The highest BCUT2D eigenvalue weighted by atomic mass is 35.5. The maximum absolute atomic E-state index is 12.1. The second-order valence-electron chi connectivity index (χ2n) is 5.09. The maximum atomic E-state index is 12.1. The quantitative estimate of drug-likeness (QED) is 0.760. The number of hydrogen-bond donors (Lipinski definition) is 2. The molecule has 1 aromatic heterocycles. The highest BCUT2D eigenvalue weighted by Crippen LogP contribution is 2.20. The Morgan fingerprint density at radius 3 is 2.90 bits per heavy atom. The van der Waals surface area contributed by atoms with Gasteiger partial charge in [0.05, 0.1) is 17.7 Å². The largest absolute Gasteiger partial charge is 0.376 e. The molecular weight excluding hydrogens is 290 g/mol. The van der Waals surface area contributed by atoms with Crippen molar-refractivity contribution in [2.75, 3.05) is 25.0 Å². The topological polar surface area (TPSA) is 63.2 Å². The van der Waals surface area contributed by atoms with Crippen molar-refractivity contribution in [2.45, 2.75) is 38.7 Å². The summed E-state index contributed by atoms with van der Waals surface area (Å²) in [6.45, 7) is 3.71. The van der Waals surface area contributed by atoms with Gasteiger partial charge in [0.2, 0.25) is 0 Å². The number of hydrogen-bond acceptors (Lipinski definition) is 4. The summed E-state index contributed by atoms with van der Waals surface area (Å²) >= 11 is 6.03. The van der Waals surface area contributed by atoms with Crippen LogP contribution < -0.4 is 10.6 Å². The first kappa shape index (κ1) is 16.0. The number of carbonyl (C=O) groups is 1. The van der Waals surface area contributed by atoms with Gasteiger partial charge in [0.25, 0.3) is 5.91 Å². The van der Waals surface area contributed by atoms with Gasteiger partial charge in [-0.25, -0.2) is 4.98 Å². The fraction of sp³-hybridized carbons (Fsp3) is 0.600. The Labute approximate surface area is 130 Å². The number of ether oxygens (including phenoxy) is 1. The molecule has 0 unspecified atom stereocenters. The Kier molecular flexibility index (Phi) is 6.26. The number of aromatic nitrogens is 1. The molecule has 2 N–H and O–H groups in total. The summed E-state index contributed by atoms with van der Waals surface area (Å²) in [6.07, 6.45) is 5.11. The van der Waals surface area contributed by atoms with Crippen molar-refractivity contribution in [3.05, 3.63) is 22.8 Å². The molecule has 0 spiro atoms. The highest BCUT2D eigenvalue weighted by Gasteiger charge is 2.16. The normalized spacial score (nSPS) is 15.1. The van der Waals surface area contributed by atoms with Crippen molar-refractivity contribution in [3.8, 4) is 0 Å². The lowest BCUT2D eigenvalue weighted by molar-refractivity contribution is 0.0581. The summed E-state index contributed by atoms with van der Waals surface area (Å²) < 4.78 is 5.70. The molecule has 0 aromatic carbocycles. The molecule has 1 amide bonds. The summed E-state index contributed by atoms with van der Waals surface area (Å²) in [4.78, 5) is 16.3. The molecule has 1 heterocycles. The predicted octanol–water partition coefficient (Wildman–Crippen LogP) is 2.86. The number of nitrogens with one attached hydrogen (secondary N) is 2. The molecule has 21 heavy (non-hydrogen) atoms. The second-order valence-corrected chi connectivity index (χ2v) is 5.50. The van der Waals surface area contributed by atoms with Gasteiger partial charge < -0.3 is 15.4 Å². The van der Waals surface area contributed by atoms with Gasteiger partial charge in [0.15, 0.2) is 0 Å². The summed E-state index contributed by atoms with van der Waals surface area (Å²) in [7, 11) is 0. The van der Waals surface area contributed by atoms with Gasteiger partial charge in [0.1, 0.15) is 11.5 Å². The van der Waals surface area contributed by atoms with Gasteiger partial charge in [-0.2, -0.15) is 0 Å². The van der Waals surface area contributed by atoms with Crippen LogP contribution in [0.1, 0.15) is 43.1 Å². The van der Waals surface area contributed by atoms with Gasteiger partial charge in [-0.1, -0.05) is 24.4 Å². The number of halogens is 1. The van der Waals surface area contributed by atoms with Crippen LogP contribution in [0.15, 0.2) is 12.1 Å². The van der Waals surface area contributed by atoms with E-state index in [2.05, 4.69) is 15.6 Å². The molecule has 1 aromatic rings. The zero-order valence-electron chi connectivity index (χ0n) is 12.3. The molecule has 1 fully saturated rings. The molecule has 1 aliphatic rings. The van der Waals surface area contributed by atoms with Crippen molar-refractivity contribution in [3.63, 3.8) is 0 Å². The van der Waals surface area contributed by atoms with E-state index in [1.165, 1.54) is 12.8 Å². The van der Waals surface area contributed by atoms with Crippen molar-refractivity contribution in [1.82, 2.24) is 10.3 Å². The molecule has 0 aliphatic heterocycles. The van der Waals surface area contributed by atoms with E-state index in [1.807, 2.05) is 6.92 Å². The number of nitrogens with zero attached hydrogens (tertiary/aromatic N) is 1. The summed E-state index contributed by atoms with van der Waals surface area (Å²) in [6, 6.07) is 3.43. The average Bonchev–Trinajstić information content (AvgIpc) is 2.99. The molecular formula is C15H22ClN3O2. The first-order valence-corrected chi connectivity index (χ1v) is 7.88. The number of pyridine rings is 1. The van der Waals surface area contributed by atoms with Crippen molar-refractivity contribution >= 4 is 23.3 Å². The van der Waals surface area contributed by atoms with E-state index >= 15 is 0 Å². The van der Waals surface area contributed by atoms with E-state index in [0.29, 0.717) is 30.1 Å². The smallest absolute Gasteiger partial charge is 0.271 e. The van der Waals surface area contributed by atoms with Gasteiger partial charge in [-0.15, -0.1) is 0 Å². The Morgan fingerprint density at radius 1 is 1.43 bits per heavy atom. The zero-order valence-corrected chi connectivity index (χ0v) is 13.1. The monoisotopic (exact) mass is 311 g/mol. The Bertz CT molecular complexity index is 476. The van der Waals surface area contributed by atoms with E-state index < -0.39 is 0 Å². The zero-order chi connectivity index (χ0) is 15.1. The number of rotatable bonds is 7. The number of carbonyl (C=O) groups excluding carboxylic acids is 1. The molecule has 1 aliphatic carbocycles. The van der Waals surface area contributed by atoms with Gasteiger partial charge in [-0.05, 0) is 31.9 Å². The first-order chi connectivity index (χ1) is 10.2. The Balaban J connectivity index is 1.80. The van der Waals surface area contributed by atoms with Crippen molar-refractivity contribution in [2.24, 2.45) is 0 Å². The minimum atomic E-state index is -0.269. The summed E-state index contributed by atoms with van der Waals surface area (Å²) in [5.41, 5.74) is 0.246. The van der Waals surface area contributed by atoms with Crippen LogP contribution >= 0.6 is 11.6 Å². The van der Waals surface area contributed by atoms with Gasteiger partial charge >= 0.3 is 0 Å². The molecule has 0 bridgehead atoms. The van der Waals surface area contributed by atoms with Crippen LogP contribution in [0.2, 0.25) is 5.02 Å². The molecule has 6 heteroatoms. The van der Waals surface area contributed by atoms with E-state index in [0.717, 1.165) is 19.4 Å². The van der Waals surface area contributed by atoms with Crippen LogP contribution in [0.4, 0.5) is 5.82 Å². The standard InChI is InChI=1S/C15H22ClN3O2/c1-2-17-13-8-7-12(16)14(19-13)15(20)18-9-10-21-11-5-3-4-6-11/h7-8,11H,2-6,9-10H2,1H3,(H,17,19)(H,18,20). The molecule has 1 saturated carbocycles. The predicted molar refractivity (Wildman–Crippen MR) is 84.0 cm³/mol. The fourth-order valence-corrected chi connectivity index (χ4v) is 2.60. The molecule has 0 saturated heterocycles. The summed E-state index contributed by atoms with van der Waals surface area (Å²) in [5, 5.41) is 6.21. The van der Waals surface area contributed by atoms with Crippen LogP contribution in [0.25, 0.3) is 0 Å². The van der Waals surface area contributed by atoms with Crippen LogP contribution in [-0.2, 0) is 4.74 Å². The van der Waals surface area contributed by atoms with E-state index in [9.17, 15) is 4.79 Å². The molecule has 2 rings (SSSR count). The average molecular weight is 312 g/mol. The molecule has 0 radical (unpaired) electrons. The maximum Gasteiger partial charge on any atom is 0.271 e. The van der Waals surface area contributed by atoms with Crippen LogP contribution in [-0.4, -0.2) is 36.7 Å². The summed E-state index contributed by atoms with van der Waals surface area (Å²) in [5.74, 6) is 0.379. The van der Waals surface area contributed by atoms with Crippen molar-refractivity contribution < 1.29 is 9.53 Å². The molecule has 0 atom stereocenters. The minimum absolute atomic E-state index is 0.246. The third kappa shape index (κ3) is 4.86. The Hall–Kier alpha value is -1.33. The third-order valence-electron chi connectivity index (χ3n) is 3.46. The van der Waals surface area contributed by atoms with E-state index in [4.69, 9.17) is 16.3 Å². The molecule has 116 valence electrons. The van der Waals surface area contributed by atoms with Crippen LogP contribution in [0.3, 0.4) is 0 Å². The van der Waals surface area contributed by atoms with Gasteiger partial charge in [0, 0.05) is 13.1 Å². The van der Waals surface area contributed by atoms with Crippen LogP contribution in [0, 0.1) is 0 Å². The molecule has 5 nitrogen and oxygen atoms in total. The second kappa shape index (κ2) is 8.20. The minimum Gasteiger partial charge on any atom is -0.376 e. The fourth-order valence-electron chi connectivity index (χ4n) is 2.41. The van der Waals surface area contributed by atoms with E-state index in [1.54, 1.807) is 12.1 Å². The first-order valence-electron chi connectivity index (χ1n) is 7.51. The van der Waals surface area contributed by atoms with Crippen LogP contribution in [0.5, 0.6) is 0 Å². The SMILES string of the molecule is CCNc1ccc(Cl)c(C(=O)NCCOC2CCCC2)n1. The highest BCUT2D eigenvalue weighted by molar-refractivity contribution is 6.33.